The van der Waals surface area contributed by atoms with Crippen LogP contribution in [0.15, 0.2) is 23.1 Å². The van der Waals surface area contributed by atoms with E-state index in [0.717, 1.165) is 75.1 Å². The minimum atomic E-state index is -3.45. The van der Waals surface area contributed by atoms with Crippen molar-refractivity contribution in [1.82, 2.24) is 18.8 Å². The number of likely N-dealkylation sites (tertiary alicyclic amines) is 1. The van der Waals surface area contributed by atoms with Crippen molar-refractivity contribution in [2.75, 3.05) is 26.2 Å². The Hall–Kier alpha value is -1.48. The Morgan fingerprint density at radius 3 is 2.50 bits per heavy atom. The molecule has 4 rings (SSSR count). The Kier molecular flexibility index (Phi) is 5.73. The van der Waals surface area contributed by atoms with Crippen LogP contribution in [-0.2, 0) is 23.1 Å². The molecule has 0 aliphatic carbocycles. The molecule has 3 heterocycles. The Morgan fingerprint density at radius 1 is 1.11 bits per heavy atom. The predicted molar refractivity (Wildman–Crippen MR) is 109 cm³/mol. The van der Waals surface area contributed by atoms with Gasteiger partial charge in [-0.3, -0.25) is 4.90 Å². The van der Waals surface area contributed by atoms with E-state index in [9.17, 15) is 13.5 Å². The number of hydrogen-bond acceptors (Lipinski definition) is 5. The lowest BCUT2D eigenvalue weighted by Gasteiger charge is -2.29. The summed E-state index contributed by atoms with van der Waals surface area (Å²) in [6, 6.07) is 5.35. The van der Waals surface area contributed by atoms with Gasteiger partial charge in [0.1, 0.15) is 5.82 Å². The third-order valence-corrected chi connectivity index (χ3v) is 7.88. The van der Waals surface area contributed by atoms with E-state index >= 15 is 0 Å². The average Bonchev–Trinajstić information content (AvgIpc) is 3.06. The molecule has 1 aromatic heterocycles. The van der Waals surface area contributed by atoms with Gasteiger partial charge in [-0.25, -0.2) is 13.4 Å². The van der Waals surface area contributed by atoms with Gasteiger partial charge in [-0.2, -0.15) is 4.31 Å². The highest BCUT2D eigenvalue weighted by Crippen LogP contribution is 2.26. The van der Waals surface area contributed by atoms with Gasteiger partial charge in [0.2, 0.25) is 10.0 Å². The first kappa shape index (κ1) is 19.8. The summed E-state index contributed by atoms with van der Waals surface area (Å²) in [5.41, 5.74) is 1.72. The summed E-state index contributed by atoms with van der Waals surface area (Å²) >= 11 is 0. The fourth-order valence-corrected chi connectivity index (χ4v) is 5.86. The number of aryl methyl sites for hydroxylation is 1. The standard InChI is InChI=1S/C20H30N4O3S/c1-2-24-19-7-6-17(28(26,27)23-10-4-3-5-11-23)14-18(19)21-20(24)15-22-12-8-16(25)9-13-22/h6-7,14,16,25H,2-5,8-13,15H2,1H3. The van der Waals surface area contributed by atoms with Crippen molar-refractivity contribution in [3.05, 3.63) is 24.0 Å². The van der Waals surface area contributed by atoms with Crippen molar-refractivity contribution >= 4 is 21.1 Å². The van der Waals surface area contributed by atoms with Gasteiger partial charge in [0.15, 0.2) is 0 Å². The molecule has 1 aromatic carbocycles. The number of nitrogens with zero attached hydrogens (tertiary/aromatic N) is 4. The molecule has 2 saturated heterocycles. The molecule has 0 saturated carbocycles. The second-order valence-electron chi connectivity index (χ2n) is 7.89. The van der Waals surface area contributed by atoms with Crippen LogP contribution in [0.5, 0.6) is 0 Å². The highest BCUT2D eigenvalue weighted by atomic mass is 32.2. The summed E-state index contributed by atoms with van der Waals surface area (Å²) in [6.45, 7) is 6.55. The van der Waals surface area contributed by atoms with Gasteiger partial charge in [-0.05, 0) is 50.8 Å². The summed E-state index contributed by atoms with van der Waals surface area (Å²) in [5.74, 6) is 0.960. The lowest BCUT2D eigenvalue weighted by molar-refractivity contribution is 0.0776. The van der Waals surface area contributed by atoms with Crippen molar-refractivity contribution in [3.63, 3.8) is 0 Å². The Balaban J connectivity index is 1.62. The number of piperidine rings is 2. The molecule has 2 aliphatic heterocycles. The van der Waals surface area contributed by atoms with Crippen LogP contribution in [-0.4, -0.2) is 64.6 Å². The molecule has 0 spiro atoms. The smallest absolute Gasteiger partial charge is 0.243 e. The first-order valence-corrected chi connectivity index (χ1v) is 11.8. The second-order valence-corrected chi connectivity index (χ2v) is 9.83. The third kappa shape index (κ3) is 3.83. The summed E-state index contributed by atoms with van der Waals surface area (Å²) in [4.78, 5) is 7.45. The maximum atomic E-state index is 13.0. The minimum Gasteiger partial charge on any atom is -0.393 e. The number of benzene rings is 1. The Morgan fingerprint density at radius 2 is 1.82 bits per heavy atom. The van der Waals surface area contributed by atoms with Gasteiger partial charge < -0.3 is 9.67 Å². The molecule has 1 N–H and O–H groups in total. The van der Waals surface area contributed by atoms with Crippen molar-refractivity contribution in [3.8, 4) is 0 Å². The Bertz CT molecular complexity index is 926. The number of aliphatic hydroxyl groups is 1. The topological polar surface area (TPSA) is 78.7 Å². The quantitative estimate of drug-likeness (QED) is 0.823. The molecule has 0 bridgehead atoms. The van der Waals surface area contributed by atoms with Crippen LogP contribution in [0.1, 0.15) is 44.9 Å². The summed E-state index contributed by atoms with van der Waals surface area (Å²) < 4.78 is 29.8. The normalized spacial score (nSPS) is 20.8. The summed E-state index contributed by atoms with van der Waals surface area (Å²) in [7, 11) is -3.45. The van der Waals surface area contributed by atoms with Crippen LogP contribution >= 0.6 is 0 Å². The van der Waals surface area contributed by atoms with Crippen molar-refractivity contribution in [2.45, 2.75) is 63.1 Å². The van der Waals surface area contributed by atoms with Crippen LogP contribution in [0.4, 0.5) is 0 Å². The molecule has 8 heteroatoms. The zero-order valence-corrected chi connectivity index (χ0v) is 17.4. The number of sulfonamides is 1. The van der Waals surface area contributed by atoms with Crippen LogP contribution in [0.3, 0.4) is 0 Å². The first-order chi connectivity index (χ1) is 13.5. The van der Waals surface area contributed by atoms with Gasteiger partial charge in [-0.1, -0.05) is 6.42 Å². The zero-order chi connectivity index (χ0) is 19.7. The van der Waals surface area contributed by atoms with E-state index in [1.807, 2.05) is 6.07 Å². The first-order valence-electron chi connectivity index (χ1n) is 10.4. The third-order valence-electron chi connectivity index (χ3n) is 5.99. The molecular formula is C20H30N4O3S. The largest absolute Gasteiger partial charge is 0.393 e. The van der Waals surface area contributed by atoms with E-state index in [1.165, 1.54) is 0 Å². The van der Waals surface area contributed by atoms with Crippen molar-refractivity contribution in [2.24, 2.45) is 0 Å². The number of aromatic nitrogens is 2. The van der Waals surface area contributed by atoms with Crippen LogP contribution in [0.25, 0.3) is 11.0 Å². The molecule has 7 nitrogen and oxygen atoms in total. The highest BCUT2D eigenvalue weighted by Gasteiger charge is 2.27. The molecule has 2 fully saturated rings. The lowest BCUT2D eigenvalue weighted by Crippen LogP contribution is -2.36. The second kappa shape index (κ2) is 8.10. The van der Waals surface area contributed by atoms with Crippen LogP contribution in [0.2, 0.25) is 0 Å². The monoisotopic (exact) mass is 406 g/mol. The molecule has 28 heavy (non-hydrogen) atoms. The summed E-state index contributed by atoms with van der Waals surface area (Å²) in [5, 5.41) is 9.71. The van der Waals surface area contributed by atoms with Crippen molar-refractivity contribution in [1.29, 1.82) is 0 Å². The number of imidazole rings is 1. The van der Waals surface area contributed by atoms with E-state index in [2.05, 4.69) is 16.4 Å². The molecule has 0 unspecified atom stereocenters. The van der Waals surface area contributed by atoms with Gasteiger partial charge in [0.25, 0.3) is 0 Å². The molecular weight excluding hydrogens is 376 g/mol. The van der Waals surface area contributed by atoms with Gasteiger partial charge in [0.05, 0.1) is 28.6 Å². The lowest BCUT2D eigenvalue weighted by atomic mass is 10.1. The summed E-state index contributed by atoms with van der Waals surface area (Å²) in [6.07, 6.45) is 4.36. The SMILES string of the molecule is CCn1c(CN2CCC(O)CC2)nc2cc(S(=O)(=O)N3CCCCC3)ccc21. The van der Waals surface area contributed by atoms with E-state index in [4.69, 9.17) is 4.98 Å². The molecule has 154 valence electrons. The van der Waals surface area contributed by atoms with Gasteiger partial charge >= 0.3 is 0 Å². The fourth-order valence-electron chi connectivity index (χ4n) is 4.33. The maximum absolute atomic E-state index is 13.0. The minimum absolute atomic E-state index is 0.191. The number of fused-ring (bicyclic) bond motifs is 1. The molecule has 0 atom stereocenters. The fraction of sp³-hybridized carbons (Fsp3) is 0.650. The van der Waals surface area contributed by atoms with Crippen LogP contribution < -0.4 is 0 Å². The Labute approximate surface area is 167 Å². The van der Waals surface area contributed by atoms with Crippen LogP contribution in [0, 0.1) is 0 Å². The highest BCUT2D eigenvalue weighted by molar-refractivity contribution is 7.89. The van der Waals surface area contributed by atoms with E-state index in [0.29, 0.717) is 18.0 Å². The van der Waals surface area contributed by atoms with Crippen molar-refractivity contribution < 1.29 is 13.5 Å². The van der Waals surface area contributed by atoms with Gasteiger partial charge in [-0.15, -0.1) is 0 Å². The zero-order valence-electron chi connectivity index (χ0n) is 16.5. The maximum Gasteiger partial charge on any atom is 0.243 e. The van der Waals surface area contributed by atoms with Gasteiger partial charge in [0, 0.05) is 32.7 Å². The van der Waals surface area contributed by atoms with E-state index in [1.54, 1.807) is 16.4 Å². The van der Waals surface area contributed by atoms with E-state index in [-0.39, 0.29) is 6.10 Å². The molecule has 0 amide bonds. The number of rotatable bonds is 5. The average molecular weight is 407 g/mol. The molecule has 0 radical (unpaired) electrons. The number of aliphatic hydroxyl groups excluding tert-OH is 1. The molecule has 2 aromatic rings. The molecule has 2 aliphatic rings. The van der Waals surface area contributed by atoms with E-state index < -0.39 is 10.0 Å². The number of hydrogen-bond donors (Lipinski definition) is 1. The predicted octanol–water partition coefficient (Wildman–Crippen LogP) is 2.19.